The van der Waals surface area contributed by atoms with E-state index >= 15 is 0 Å². The molecule has 0 aromatic carbocycles. The smallest absolute Gasteiger partial charge is 0.264 e. The summed E-state index contributed by atoms with van der Waals surface area (Å²) in [5.74, 6) is 0. The van der Waals surface area contributed by atoms with Gasteiger partial charge in [0.1, 0.15) is 0 Å². The van der Waals surface area contributed by atoms with Crippen LogP contribution in [0.2, 0.25) is 0 Å². The molecule has 1 unspecified atom stereocenters. The molecule has 0 aliphatic heterocycles. The molecule has 0 fully saturated rings. The van der Waals surface area contributed by atoms with Crippen molar-refractivity contribution >= 4 is 10.4 Å². The molecule has 128 valence electrons. The van der Waals surface area contributed by atoms with Gasteiger partial charge in [0.2, 0.25) is 0 Å². The van der Waals surface area contributed by atoms with E-state index in [9.17, 15) is 8.42 Å². The van der Waals surface area contributed by atoms with E-state index < -0.39 is 16.5 Å². The molecule has 0 rings (SSSR count). The second kappa shape index (κ2) is 16.7. The van der Waals surface area contributed by atoms with Crippen LogP contribution < -0.4 is 29.6 Å². The third kappa shape index (κ3) is 20.9. The Hall–Kier alpha value is 0.870. The Kier molecular flexibility index (Phi) is 19.1. The number of unbranched alkanes of at least 4 members (excludes halogenated alkanes) is 11. The van der Waals surface area contributed by atoms with Gasteiger partial charge in [-0.05, 0) is 13.3 Å². The fraction of sp³-hybridized carbons (Fsp3) is 1.00. The topological polar surface area (TPSA) is 63.6 Å². The van der Waals surface area contributed by atoms with Gasteiger partial charge in [0.25, 0.3) is 0 Å². The summed E-state index contributed by atoms with van der Waals surface area (Å²) in [6.45, 7) is 3.92. The normalized spacial score (nSPS) is 12.9. The molecule has 0 aromatic rings. The molecule has 4 nitrogen and oxygen atoms in total. The summed E-state index contributed by atoms with van der Waals surface area (Å²) in [7, 11) is -4.29. The first kappa shape index (κ1) is 25.1. The van der Waals surface area contributed by atoms with Crippen LogP contribution in [-0.4, -0.2) is 19.1 Å². The zero-order chi connectivity index (χ0) is 16.0. The Morgan fingerprint density at radius 1 is 0.818 bits per heavy atom. The Morgan fingerprint density at radius 2 is 1.18 bits per heavy atom. The molecule has 1 N–H and O–H groups in total. The molecular weight excluding hydrogens is 311 g/mol. The van der Waals surface area contributed by atoms with Crippen molar-refractivity contribution in [2.75, 3.05) is 0 Å². The summed E-state index contributed by atoms with van der Waals surface area (Å²) < 4.78 is 34.0. The first-order chi connectivity index (χ1) is 9.95. The SMILES string of the molecule is CCCCCCCCCCCCCCC(C)OS(=O)(=O)O.[Na+]. The van der Waals surface area contributed by atoms with Crippen molar-refractivity contribution in [3.05, 3.63) is 0 Å². The molecule has 0 spiro atoms. The van der Waals surface area contributed by atoms with Gasteiger partial charge < -0.3 is 0 Å². The second-order valence-electron chi connectivity index (χ2n) is 6.01. The number of hydrogen-bond acceptors (Lipinski definition) is 3. The minimum atomic E-state index is -4.29. The van der Waals surface area contributed by atoms with Gasteiger partial charge >= 0.3 is 40.0 Å². The van der Waals surface area contributed by atoms with E-state index in [4.69, 9.17) is 4.55 Å². The van der Waals surface area contributed by atoms with Crippen LogP contribution in [0.3, 0.4) is 0 Å². The fourth-order valence-electron chi connectivity index (χ4n) is 2.53. The predicted octanol–water partition coefficient (Wildman–Crippen LogP) is 2.29. The van der Waals surface area contributed by atoms with Gasteiger partial charge in [0.05, 0.1) is 6.10 Å². The van der Waals surface area contributed by atoms with Crippen LogP contribution in [0.1, 0.15) is 97.3 Å². The molecule has 1 atom stereocenters. The van der Waals surface area contributed by atoms with Gasteiger partial charge in [-0.3, -0.25) is 4.55 Å². The van der Waals surface area contributed by atoms with Gasteiger partial charge in [-0.25, -0.2) is 4.18 Å². The van der Waals surface area contributed by atoms with Crippen molar-refractivity contribution in [2.45, 2.75) is 103 Å². The van der Waals surface area contributed by atoms with Gasteiger partial charge in [-0.15, -0.1) is 0 Å². The molecule has 0 aromatic heterocycles. The van der Waals surface area contributed by atoms with Crippen molar-refractivity contribution in [1.29, 1.82) is 0 Å². The summed E-state index contributed by atoms with van der Waals surface area (Å²) in [4.78, 5) is 0. The molecule has 0 saturated carbocycles. The van der Waals surface area contributed by atoms with Crippen molar-refractivity contribution in [1.82, 2.24) is 0 Å². The molecule has 6 heteroatoms. The zero-order valence-corrected chi connectivity index (χ0v) is 17.7. The average Bonchev–Trinajstić information content (AvgIpc) is 2.38. The number of hydrogen-bond donors (Lipinski definition) is 1. The largest absolute Gasteiger partial charge is 1.00 e. The minimum Gasteiger partial charge on any atom is -0.264 e. The minimum absolute atomic E-state index is 0. The Bertz CT molecular complexity index is 320. The molecule has 0 aliphatic rings. The first-order valence-electron chi connectivity index (χ1n) is 8.61. The fourth-order valence-corrected chi connectivity index (χ4v) is 3.04. The van der Waals surface area contributed by atoms with Crippen molar-refractivity contribution < 1.29 is 46.7 Å². The van der Waals surface area contributed by atoms with Gasteiger partial charge in [-0.1, -0.05) is 84.0 Å². The quantitative estimate of drug-likeness (QED) is 0.281. The second-order valence-corrected chi connectivity index (χ2v) is 7.06. The summed E-state index contributed by atoms with van der Waals surface area (Å²) in [6.07, 6.45) is 15.6. The van der Waals surface area contributed by atoms with Crippen LogP contribution in [0.5, 0.6) is 0 Å². The average molecular weight is 346 g/mol. The van der Waals surface area contributed by atoms with Crippen molar-refractivity contribution in [3.8, 4) is 0 Å². The van der Waals surface area contributed by atoms with E-state index in [-0.39, 0.29) is 29.6 Å². The van der Waals surface area contributed by atoms with E-state index in [0.29, 0.717) is 6.42 Å². The van der Waals surface area contributed by atoms with Crippen LogP contribution in [0.4, 0.5) is 0 Å². The van der Waals surface area contributed by atoms with Crippen molar-refractivity contribution in [3.63, 3.8) is 0 Å². The van der Waals surface area contributed by atoms with Crippen LogP contribution in [0.15, 0.2) is 0 Å². The Balaban J connectivity index is 0. The summed E-state index contributed by atoms with van der Waals surface area (Å²) in [6, 6.07) is 0. The maximum atomic E-state index is 10.5. The van der Waals surface area contributed by atoms with Crippen molar-refractivity contribution in [2.24, 2.45) is 0 Å². The van der Waals surface area contributed by atoms with E-state index in [1.807, 2.05) is 0 Å². The standard InChI is InChI=1S/C16H34O4S.Na/c1-3-4-5-6-7-8-9-10-11-12-13-14-15-16(2)20-21(17,18)19;/h16H,3-15H2,1-2H3,(H,17,18,19);/q;+1. The molecule has 0 aliphatic carbocycles. The van der Waals surface area contributed by atoms with Gasteiger partial charge in [0, 0.05) is 0 Å². The van der Waals surface area contributed by atoms with E-state index in [0.717, 1.165) is 12.8 Å². The molecule has 0 bridgehead atoms. The summed E-state index contributed by atoms with van der Waals surface area (Å²) >= 11 is 0. The monoisotopic (exact) mass is 345 g/mol. The van der Waals surface area contributed by atoms with Gasteiger partial charge in [0.15, 0.2) is 0 Å². The third-order valence-electron chi connectivity index (χ3n) is 3.75. The molecule has 22 heavy (non-hydrogen) atoms. The van der Waals surface area contributed by atoms with Crippen LogP contribution in [0.25, 0.3) is 0 Å². The predicted molar refractivity (Wildman–Crippen MR) is 87.8 cm³/mol. The third-order valence-corrected chi connectivity index (χ3v) is 4.32. The zero-order valence-electron chi connectivity index (χ0n) is 14.8. The van der Waals surface area contributed by atoms with Gasteiger partial charge in [-0.2, -0.15) is 8.42 Å². The molecular formula is C16H34NaO4S+. The maximum Gasteiger partial charge on any atom is 1.00 e. The van der Waals surface area contributed by atoms with E-state index in [1.54, 1.807) is 6.92 Å². The summed E-state index contributed by atoms with van der Waals surface area (Å²) in [5.41, 5.74) is 0. The molecule has 0 saturated heterocycles. The van der Waals surface area contributed by atoms with Crippen LogP contribution >= 0.6 is 0 Å². The molecule has 0 heterocycles. The Labute approximate surface area is 160 Å². The molecule has 0 amide bonds. The summed E-state index contributed by atoms with van der Waals surface area (Å²) in [5, 5.41) is 0. The van der Waals surface area contributed by atoms with Crippen LogP contribution in [0, 0.1) is 0 Å². The maximum absolute atomic E-state index is 10.5. The first-order valence-corrected chi connectivity index (χ1v) is 9.98. The molecule has 0 radical (unpaired) electrons. The van der Waals surface area contributed by atoms with Crippen LogP contribution in [-0.2, 0) is 14.6 Å². The number of rotatable bonds is 15. The Morgan fingerprint density at radius 3 is 1.55 bits per heavy atom. The van der Waals surface area contributed by atoms with E-state index in [2.05, 4.69) is 11.1 Å². The van der Waals surface area contributed by atoms with E-state index in [1.165, 1.54) is 64.2 Å².